The lowest BCUT2D eigenvalue weighted by Gasteiger charge is -2.35. The number of aromatic hydroxyl groups is 1. The van der Waals surface area contributed by atoms with Crippen molar-refractivity contribution in [2.75, 3.05) is 20.3 Å². The minimum absolute atomic E-state index is 0.0251. The molecule has 0 aliphatic carbocycles. The zero-order chi connectivity index (χ0) is 24.2. The number of benzene rings is 2. The van der Waals surface area contributed by atoms with Gasteiger partial charge in [-0.05, 0) is 62.2 Å². The molecule has 2 aromatic carbocycles. The average molecular weight is 465 g/mol. The van der Waals surface area contributed by atoms with Crippen LogP contribution in [0.2, 0.25) is 0 Å². The molecule has 0 spiro atoms. The number of hydrogen-bond acceptors (Lipinski definition) is 7. The molecule has 0 bridgehead atoms. The summed E-state index contributed by atoms with van der Waals surface area (Å²) in [6.45, 7) is 6.92. The molecule has 3 aromatic rings. The Morgan fingerprint density at radius 3 is 2.59 bits per heavy atom. The maximum absolute atomic E-state index is 12.9. The van der Waals surface area contributed by atoms with Gasteiger partial charge in [0.25, 0.3) is 5.89 Å². The Morgan fingerprint density at radius 1 is 1.18 bits per heavy atom. The number of amides is 2. The molecule has 0 radical (unpaired) electrons. The van der Waals surface area contributed by atoms with Crippen LogP contribution in [0.1, 0.15) is 44.7 Å². The highest BCUT2D eigenvalue weighted by atomic mass is 16.5. The van der Waals surface area contributed by atoms with Crippen LogP contribution in [-0.2, 0) is 0 Å². The van der Waals surface area contributed by atoms with Crippen molar-refractivity contribution in [2.24, 2.45) is 0 Å². The first kappa shape index (κ1) is 23.2. The number of urea groups is 1. The van der Waals surface area contributed by atoms with E-state index in [0.717, 1.165) is 17.7 Å². The number of phenolic OH excluding ortho intramolecular Hbond substituents is 1. The fraction of sp³-hybridized carbons (Fsp3) is 0.320. The van der Waals surface area contributed by atoms with Crippen molar-refractivity contribution in [1.29, 1.82) is 0 Å². The van der Waals surface area contributed by atoms with Crippen LogP contribution in [0.15, 0.2) is 52.7 Å². The van der Waals surface area contributed by atoms with Gasteiger partial charge in [0.1, 0.15) is 5.75 Å². The van der Waals surface area contributed by atoms with Crippen molar-refractivity contribution in [3.8, 4) is 28.6 Å². The molecule has 1 aliphatic heterocycles. The number of carbonyl (C=O) groups excluding carboxylic acids is 1. The number of rotatable bonds is 8. The number of ether oxygens (including phenoxy) is 2. The SMILES string of the molecule is CCCN1C(=O)NC(c2ccc(OC)c(O)c2)C(c2nc(-c3ccc(OCC)cc3)no2)=C1C. The number of carbonyl (C=O) groups is 1. The number of nitrogens with one attached hydrogen (secondary N) is 1. The van der Waals surface area contributed by atoms with E-state index >= 15 is 0 Å². The van der Waals surface area contributed by atoms with Gasteiger partial charge in [0, 0.05) is 17.8 Å². The third kappa shape index (κ3) is 4.41. The Morgan fingerprint density at radius 2 is 1.94 bits per heavy atom. The number of phenols is 1. The van der Waals surface area contributed by atoms with Crippen molar-refractivity contribution >= 4 is 11.6 Å². The van der Waals surface area contributed by atoms with Crippen molar-refractivity contribution in [3.05, 3.63) is 59.6 Å². The normalized spacial score (nSPS) is 15.9. The standard InChI is InChI=1S/C25H28N4O5/c1-5-13-29-15(3)21(22(26-25(29)31)17-9-12-20(32-4)19(30)14-17)24-27-23(28-34-24)16-7-10-18(11-8-16)33-6-2/h7-12,14,22,30H,5-6,13H2,1-4H3,(H,26,31). The van der Waals surface area contributed by atoms with Gasteiger partial charge in [0.05, 0.1) is 25.3 Å². The molecule has 1 atom stereocenters. The van der Waals surface area contributed by atoms with Crippen LogP contribution in [-0.4, -0.2) is 46.4 Å². The highest BCUT2D eigenvalue weighted by Crippen LogP contribution is 2.39. The van der Waals surface area contributed by atoms with E-state index in [-0.39, 0.29) is 11.8 Å². The number of allylic oxidation sites excluding steroid dienone is 1. The summed E-state index contributed by atoms with van der Waals surface area (Å²) >= 11 is 0. The highest BCUT2D eigenvalue weighted by Gasteiger charge is 2.35. The molecule has 0 saturated carbocycles. The number of hydrogen-bond donors (Lipinski definition) is 2. The van der Waals surface area contributed by atoms with Crippen molar-refractivity contribution in [1.82, 2.24) is 20.4 Å². The number of methoxy groups -OCH3 is 1. The second-order valence-electron chi connectivity index (χ2n) is 7.85. The van der Waals surface area contributed by atoms with E-state index in [2.05, 4.69) is 15.5 Å². The van der Waals surface area contributed by atoms with Crippen molar-refractivity contribution in [3.63, 3.8) is 0 Å². The molecule has 1 aliphatic rings. The van der Waals surface area contributed by atoms with Crippen LogP contribution in [0.4, 0.5) is 4.79 Å². The van der Waals surface area contributed by atoms with E-state index in [0.29, 0.717) is 47.4 Å². The van der Waals surface area contributed by atoms with Crippen LogP contribution in [0, 0.1) is 0 Å². The lowest BCUT2D eigenvalue weighted by Crippen LogP contribution is -2.46. The van der Waals surface area contributed by atoms with Gasteiger partial charge in [0.15, 0.2) is 11.5 Å². The van der Waals surface area contributed by atoms with Crippen LogP contribution >= 0.6 is 0 Å². The molecule has 4 rings (SSSR count). The Kier molecular flexibility index (Phi) is 6.72. The summed E-state index contributed by atoms with van der Waals surface area (Å²) < 4.78 is 16.3. The topological polar surface area (TPSA) is 110 Å². The monoisotopic (exact) mass is 464 g/mol. The molecular formula is C25H28N4O5. The summed E-state index contributed by atoms with van der Waals surface area (Å²) in [4.78, 5) is 19.2. The number of nitrogens with zero attached hydrogens (tertiary/aromatic N) is 3. The van der Waals surface area contributed by atoms with E-state index in [4.69, 9.17) is 14.0 Å². The van der Waals surface area contributed by atoms with Crippen LogP contribution in [0.25, 0.3) is 17.0 Å². The fourth-order valence-corrected chi connectivity index (χ4v) is 4.00. The Balaban J connectivity index is 1.76. The summed E-state index contributed by atoms with van der Waals surface area (Å²) in [7, 11) is 1.48. The molecular weight excluding hydrogens is 436 g/mol. The summed E-state index contributed by atoms with van der Waals surface area (Å²) in [5.41, 5.74) is 2.83. The summed E-state index contributed by atoms with van der Waals surface area (Å²) in [6, 6.07) is 11.6. The molecule has 1 unspecified atom stereocenters. The van der Waals surface area contributed by atoms with Crippen LogP contribution in [0.5, 0.6) is 17.2 Å². The third-order valence-corrected chi connectivity index (χ3v) is 5.66. The second-order valence-corrected chi connectivity index (χ2v) is 7.85. The van der Waals surface area contributed by atoms with E-state index < -0.39 is 6.04 Å². The minimum atomic E-state index is -0.592. The Hall–Kier alpha value is -4.01. The van der Waals surface area contributed by atoms with Gasteiger partial charge in [-0.15, -0.1) is 0 Å². The third-order valence-electron chi connectivity index (χ3n) is 5.66. The Labute approximate surface area is 198 Å². The van der Waals surface area contributed by atoms with Gasteiger partial charge in [-0.1, -0.05) is 18.1 Å². The molecule has 2 heterocycles. The van der Waals surface area contributed by atoms with Crippen LogP contribution < -0.4 is 14.8 Å². The van der Waals surface area contributed by atoms with Gasteiger partial charge >= 0.3 is 6.03 Å². The average Bonchev–Trinajstić information content (AvgIpc) is 3.31. The number of aromatic nitrogens is 2. The maximum Gasteiger partial charge on any atom is 0.322 e. The highest BCUT2D eigenvalue weighted by molar-refractivity contribution is 5.87. The zero-order valence-electron chi connectivity index (χ0n) is 19.7. The van der Waals surface area contributed by atoms with Crippen molar-refractivity contribution < 1.29 is 23.9 Å². The van der Waals surface area contributed by atoms with Gasteiger partial charge in [0.2, 0.25) is 5.82 Å². The minimum Gasteiger partial charge on any atom is -0.504 e. The van der Waals surface area contributed by atoms with Gasteiger partial charge in [-0.3, -0.25) is 4.90 Å². The lowest BCUT2D eigenvalue weighted by atomic mass is 9.94. The summed E-state index contributed by atoms with van der Waals surface area (Å²) in [5, 5.41) is 17.5. The maximum atomic E-state index is 12.9. The first-order valence-electron chi connectivity index (χ1n) is 11.2. The molecule has 2 amide bonds. The Bertz CT molecular complexity index is 1200. The second kappa shape index (κ2) is 9.86. The molecule has 178 valence electrons. The molecule has 0 saturated heterocycles. The summed E-state index contributed by atoms with van der Waals surface area (Å²) in [5.74, 6) is 1.80. The predicted octanol–water partition coefficient (Wildman–Crippen LogP) is 4.76. The quantitative estimate of drug-likeness (QED) is 0.495. The molecule has 9 nitrogen and oxygen atoms in total. The smallest absolute Gasteiger partial charge is 0.322 e. The molecule has 34 heavy (non-hydrogen) atoms. The first-order chi connectivity index (χ1) is 16.5. The van der Waals surface area contributed by atoms with Crippen LogP contribution in [0.3, 0.4) is 0 Å². The van der Waals surface area contributed by atoms with E-state index in [1.54, 1.807) is 23.1 Å². The summed E-state index contributed by atoms with van der Waals surface area (Å²) in [6.07, 6.45) is 0.785. The predicted molar refractivity (Wildman–Crippen MR) is 126 cm³/mol. The molecule has 2 N–H and O–H groups in total. The van der Waals surface area contributed by atoms with Gasteiger partial charge in [-0.2, -0.15) is 4.98 Å². The van der Waals surface area contributed by atoms with E-state index in [1.807, 2.05) is 45.0 Å². The van der Waals surface area contributed by atoms with E-state index in [9.17, 15) is 9.90 Å². The largest absolute Gasteiger partial charge is 0.504 e. The molecule has 1 aromatic heterocycles. The fourth-order valence-electron chi connectivity index (χ4n) is 4.00. The molecule has 9 heteroatoms. The van der Waals surface area contributed by atoms with E-state index in [1.165, 1.54) is 7.11 Å². The van der Waals surface area contributed by atoms with Gasteiger partial charge < -0.3 is 24.4 Å². The first-order valence-corrected chi connectivity index (χ1v) is 11.2. The molecule has 0 fully saturated rings. The zero-order valence-corrected chi connectivity index (χ0v) is 19.7. The lowest BCUT2D eigenvalue weighted by molar-refractivity contribution is 0.205. The van der Waals surface area contributed by atoms with Gasteiger partial charge in [-0.25, -0.2) is 4.79 Å². The van der Waals surface area contributed by atoms with Crippen molar-refractivity contribution in [2.45, 2.75) is 33.2 Å².